The summed E-state index contributed by atoms with van der Waals surface area (Å²) in [4.78, 5) is 25.2. The van der Waals surface area contributed by atoms with Crippen molar-refractivity contribution in [1.29, 1.82) is 0 Å². The van der Waals surface area contributed by atoms with E-state index in [0.29, 0.717) is 34.2 Å². The van der Waals surface area contributed by atoms with Crippen LogP contribution in [-0.2, 0) is 0 Å². The van der Waals surface area contributed by atoms with E-state index in [9.17, 15) is 9.59 Å². The second-order valence-corrected chi connectivity index (χ2v) is 7.00. The van der Waals surface area contributed by atoms with Gasteiger partial charge in [0.15, 0.2) is 0 Å². The quantitative estimate of drug-likeness (QED) is 0.600. The lowest BCUT2D eigenvalue weighted by atomic mass is 10.0. The van der Waals surface area contributed by atoms with Crippen molar-refractivity contribution in [2.45, 2.75) is 19.8 Å². The van der Waals surface area contributed by atoms with Crippen LogP contribution in [0, 0.1) is 0 Å². The van der Waals surface area contributed by atoms with Crippen LogP contribution in [0.3, 0.4) is 0 Å². The Labute approximate surface area is 170 Å². The summed E-state index contributed by atoms with van der Waals surface area (Å²) < 4.78 is 5.17. The minimum atomic E-state index is -0.297. The minimum Gasteiger partial charge on any atom is -0.497 e. The van der Waals surface area contributed by atoms with Gasteiger partial charge in [-0.25, -0.2) is 0 Å². The van der Waals surface area contributed by atoms with Gasteiger partial charge in [-0.3, -0.25) is 9.59 Å². The number of carbonyl (C=O) groups excluding carboxylic acids is 2. The number of rotatable bonds is 6. The number of amides is 2. The maximum Gasteiger partial charge on any atom is 0.255 e. The van der Waals surface area contributed by atoms with Crippen molar-refractivity contribution in [3.63, 3.8) is 0 Å². The summed E-state index contributed by atoms with van der Waals surface area (Å²) in [5.41, 5.74) is 3.35. The SMILES string of the molecule is COc1cccc(NC(=O)c2cccc(C(=O)Nc3ccc(C(C)C)cc3)c2)c1. The highest BCUT2D eigenvalue weighted by Gasteiger charge is 2.12. The molecule has 0 aromatic heterocycles. The maximum atomic E-state index is 12.6. The van der Waals surface area contributed by atoms with Gasteiger partial charge in [0.2, 0.25) is 0 Å². The average Bonchev–Trinajstić information content (AvgIpc) is 2.74. The molecule has 0 saturated carbocycles. The van der Waals surface area contributed by atoms with E-state index in [1.807, 2.05) is 24.3 Å². The maximum absolute atomic E-state index is 12.6. The van der Waals surface area contributed by atoms with Crippen LogP contribution in [0.5, 0.6) is 5.75 Å². The van der Waals surface area contributed by atoms with Crippen LogP contribution in [-0.4, -0.2) is 18.9 Å². The first-order chi connectivity index (χ1) is 14.0. The summed E-state index contributed by atoms with van der Waals surface area (Å²) in [7, 11) is 1.57. The van der Waals surface area contributed by atoms with Crippen LogP contribution in [0.1, 0.15) is 46.0 Å². The highest BCUT2D eigenvalue weighted by molar-refractivity contribution is 6.08. The van der Waals surface area contributed by atoms with Crippen LogP contribution >= 0.6 is 0 Å². The van der Waals surface area contributed by atoms with Crippen molar-refractivity contribution in [2.24, 2.45) is 0 Å². The van der Waals surface area contributed by atoms with Gasteiger partial charge in [0.1, 0.15) is 5.75 Å². The fourth-order valence-electron chi connectivity index (χ4n) is 2.86. The van der Waals surface area contributed by atoms with Crippen LogP contribution in [0.15, 0.2) is 72.8 Å². The molecule has 0 aliphatic heterocycles. The number of hydrogen-bond donors (Lipinski definition) is 2. The van der Waals surface area contributed by atoms with Crippen molar-refractivity contribution >= 4 is 23.2 Å². The third kappa shape index (κ3) is 5.23. The summed E-state index contributed by atoms with van der Waals surface area (Å²) >= 11 is 0. The number of anilines is 2. The van der Waals surface area contributed by atoms with Gasteiger partial charge in [0, 0.05) is 28.6 Å². The normalized spacial score (nSPS) is 10.5. The molecule has 5 heteroatoms. The lowest BCUT2D eigenvalue weighted by Crippen LogP contribution is -2.15. The van der Waals surface area contributed by atoms with E-state index < -0.39 is 0 Å². The minimum absolute atomic E-state index is 0.265. The summed E-state index contributed by atoms with van der Waals surface area (Å²) in [5, 5.41) is 5.68. The molecule has 0 unspecified atom stereocenters. The van der Waals surface area contributed by atoms with Gasteiger partial charge < -0.3 is 15.4 Å². The molecule has 0 radical (unpaired) electrons. The highest BCUT2D eigenvalue weighted by atomic mass is 16.5. The summed E-state index contributed by atoms with van der Waals surface area (Å²) in [6.07, 6.45) is 0. The molecule has 0 saturated heterocycles. The number of carbonyl (C=O) groups is 2. The van der Waals surface area contributed by atoms with Gasteiger partial charge in [-0.05, 0) is 53.9 Å². The third-order valence-corrected chi connectivity index (χ3v) is 4.55. The van der Waals surface area contributed by atoms with Gasteiger partial charge in [-0.15, -0.1) is 0 Å². The van der Waals surface area contributed by atoms with Gasteiger partial charge in [0.25, 0.3) is 11.8 Å². The fourth-order valence-corrected chi connectivity index (χ4v) is 2.86. The molecule has 2 N–H and O–H groups in total. The van der Waals surface area contributed by atoms with E-state index >= 15 is 0 Å². The van der Waals surface area contributed by atoms with E-state index in [0.717, 1.165) is 0 Å². The summed E-state index contributed by atoms with van der Waals surface area (Å²) in [6.45, 7) is 4.24. The molecule has 3 aromatic carbocycles. The molecule has 3 aromatic rings. The number of nitrogens with one attached hydrogen (secondary N) is 2. The number of hydrogen-bond acceptors (Lipinski definition) is 3. The molecule has 0 spiro atoms. The Kier molecular flexibility index (Phi) is 6.29. The van der Waals surface area contributed by atoms with E-state index in [1.54, 1.807) is 55.6 Å². The van der Waals surface area contributed by atoms with Crippen molar-refractivity contribution in [3.8, 4) is 5.75 Å². The summed E-state index contributed by atoms with van der Waals surface area (Å²) in [5.74, 6) is 0.520. The van der Waals surface area contributed by atoms with E-state index in [4.69, 9.17) is 4.74 Å². The van der Waals surface area contributed by atoms with Crippen molar-refractivity contribution in [1.82, 2.24) is 0 Å². The predicted molar refractivity (Wildman–Crippen MR) is 116 cm³/mol. The Bertz CT molecular complexity index is 1010. The second kappa shape index (κ2) is 9.06. The Morgan fingerprint density at radius 3 is 1.93 bits per heavy atom. The molecule has 0 bridgehead atoms. The molecule has 0 atom stereocenters. The first-order valence-electron chi connectivity index (χ1n) is 9.43. The van der Waals surface area contributed by atoms with Crippen LogP contribution in [0.2, 0.25) is 0 Å². The molecule has 0 fully saturated rings. The van der Waals surface area contributed by atoms with Crippen molar-refractivity contribution in [3.05, 3.63) is 89.5 Å². The standard InChI is InChI=1S/C24H24N2O3/c1-16(2)17-10-12-20(13-11-17)25-23(27)18-6-4-7-19(14-18)24(28)26-21-8-5-9-22(15-21)29-3/h4-16H,1-3H3,(H,25,27)(H,26,28). The molecule has 0 aliphatic rings. The zero-order chi connectivity index (χ0) is 20.8. The third-order valence-electron chi connectivity index (χ3n) is 4.55. The first kappa shape index (κ1) is 20.1. The number of benzene rings is 3. The van der Waals surface area contributed by atoms with Gasteiger partial charge >= 0.3 is 0 Å². The predicted octanol–water partition coefficient (Wildman–Crippen LogP) is 5.32. The largest absolute Gasteiger partial charge is 0.497 e. The molecule has 5 nitrogen and oxygen atoms in total. The zero-order valence-electron chi connectivity index (χ0n) is 16.7. The Morgan fingerprint density at radius 2 is 1.34 bits per heavy atom. The molecule has 2 amide bonds. The molecule has 29 heavy (non-hydrogen) atoms. The fraction of sp³-hybridized carbons (Fsp3) is 0.167. The van der Waals surface area contributed by atoms with Crippen LogP contribution in [0.25, 0.3) is 0 Å². The average molecular weight is 388 g/mol. The van der Waals surface area contributed by atoms with Gasteiger partial charge in [-0.2, -0.15) is 0 Å². The Morgan fingerprint density at radius 1 is 0.759 bits per heavy atom. The van der Waals surface area contributed by atoms with Gasteiger partial charge in [-0.1, -0.05) is 38.1 Å². The molecular weight excluding hydrogens is 364 g/mol. The molecule has 3 rings (SSSR count). The zero-order valence-corrected chi connectivity index (χ0v) is 16.7. The molecule has 148 valence electrons. The van der Waals surface area contributed by atoms with E-state index in [2.05, 4.69) is 24.5 Å². The number of methoxy groups -OCH3 is 1. The highest BCUT2D eigenvalue weighted by Crippen LogP contribution is 2.19. The lowest BCUT2D eigenvalue weighted by Gasteiger charge is -2.10. The first-order valence-corrected chi connectivity index (χ1v) is 9.43. The molecule has 0 heterocycles. The second-order valence-electron chi connectivity index (χ2n) is 7.00. The number of ether oxygens (including phenoxy) is 1. The van der Waals surface area contributed by atoms with Gasteiger partial charge in [0.05, 0.1) is 7.11 Å². The smallest absolute Gasteiger partial charge is 0.255 e. The van der Waals surface area contributed by atoms with E-state index in [-0.39, 0.29) is 11.8 Å². The topological polar surface area (TPSA) is 67.4 Å². The summed E-state index contributed by atoms with van der Waals surface area (Å²) in [6, 6.07) is 21.5. The van der Waals surface area contributed by atoms with Crippen LogP contribution in [0.4, 0.5) is 11.4 Å². The molecular formula is C24H24N2O3. The Hall–Kier alpha value is -3.60. The monoisotopic (exact) mass is 388 g/mol. The lowest BCUT2D eigenvalue weighted by molar-refractivity contribution is 0.102. The van der Waals surface area contributed by atoms with E-state index in [1.165, 1.54) is 5.56 Å². The van der Waals surface area contributed by atoms with Crippen LogP contribution < -0.4 is 15.4 Å². The van der Waals surface area contributed by atoms with Crippen molar-refractivity contribution < 1.29 is 14.3 Å². The van der Waals surface area contributed by atoms with Crippen molar-refractivity contribution in [2.75, 3.05) is 17.7 Å². The Balaban J connectivity index is 1.70. The molecule has 0 aliphatic carbocycles.